The molecule has 14 heavy (non-hydrogen) atoms. The molecule has 0 saturated carbocycles. The number of hydrogen-bond donors (Lipinski definition) is 5. The van der Waals surface area contributed by atoms with Gasteiger partial charge in [0.05, 0.1) is 26.4 Å². The largest absolute Gasteiger partial charge is 0.394 e. The molecule has 0 heterocycles. The molecule has 0 rings (SSSR count). The normalized spacial score (nSPS) is 11.4. The molecule has 0 unspecified atom stereocenters. The number of carbonyl (C=O) groups is 1. The summed E-state index contributed by atoms with van der Waals surface area (Å²) in [5.41, 5.74) is -1.33. The van der Waals surface area contributed by atoms with Crippen molar-refractivity contribution in [2.45, 2.75) is 12.5 Å². The zero-order valence-corrected chi connectivity index (χ0v) is 8.29. The summed E-state index contributed by atoms with van der Waals surface area (Å²) in [4.78, 5) is 11.2. The average Bonchev–Trinajstić information content (AvgIpc) is 2.23. The van der Waals surface area contributed by atoms with E-state index in [-0.39, 0.29) is 12.5 Å². The Morgan fingerprint density at radius 3 is 2.07 bits per heavy atom. The summed E-state index contributed by atoms with van der Waals surface area (Å²) >= 11 is 0. The Morgan fingerprint density at radius 1 is 1.21 bits per heavy atom. The van der Waals surface area contributed by atoms with Gasteiger partial charge in [-0.1, -0.05) is 6.92 Å². The first kappa shape index (κ1) is 13.3. The highest BCUT2D eigenvalue weighted by Gasteiger charge is 2.29. The third-order valence-electron chi connectivity index (χ3n) is 1.85. The Hall–Kier alpha value is -0.690. The van der Waals surface area contributed by atoms with Crippen molar-refractivity contribution in [2.24, 2.45) is 0 Å². The maximum atomic E-state index is 11.2. The monoisotopic (exact) mass is 206 g/mol. The molecule has 0 spiro atoms. The van der Waals surface area contributed by atoms with Crippen LogP contribution in [0.4, 0.5) is 0 Å². The van der Waals surface area contributed by atoms with E-state index in [1.807, 2.05) is 6.92 Å². The lowest BCUT2D eigenvalue weighted by Gasteiger charge is -2.28. The summed E-state index contributed by atoms with van der Waals surface area (Å²) in [5, 5.41) is 31.8. The second-order valence-electron chi connectivity index (χ2n) is 3.08. The highest BCUT2D eigenvalue weighted by Crippen LogP contribution is 2.00. The molecule has 1 amide bonds. The number of aliphatic hydroxyl groups excluding tert-OH is 3. The van der Waals surface area contributed by atoms with Crippen molar-refractivity contribution < 1.29 is 20.1 Å². The quantitative estimate of drug-likeness (QED) is 0.315. The first-order valence-electron chi connectivity index (χ1n) is 4.48. The second kappa shape index (κ2) is 6.72. The predicted molar refractivity (Wildman–Crippen MR) is 50.7 cm³/mol. The topological polar surface area (TPSA) is 102 Å². The maximum Gasteiger partial charge on any atom is 0.234 e. The van der Waals surface area contributed by atoms with Crippen molar-refractivity contribution in [1.29, 1.82) is 0 Å². The van der Waals surface area contributed by atoms with Gasteiger partial charge in [0.1, 0.15) is 5.54 Å². The van der Waals surface area contributed by atoms with Crippen LogP contribution >= 0.6 is 0 Å². The molecule has 0 aliphatic rings. The van der Waals surface area contributed by atoms with Crippen LogP contribution in [0.1, 0.15) is 6.92 Å². The van der Waals surface area contributed by atoms with Gasteiger partial charge in [0.2, 0.25) is 5.91 Å². The van der Waals surface area contributed by atoms with Crippen LogP contribution in [0, 0.1) is 0 Å². The van der Waals surface area contributed by atoms with Crippen LogP contribution in [0.25, 0.3) is 0 Å². The van der Waals surface area contributed by atoms with Crippen LogP contribution in [0.5, 0.6) is 0 Å². The van der Waals surface area contributed by atoms with Gasteiger partial charge in [0.25, 0.3) is 0 Å². The third kappa shape index (κ3) is 4.01. The van der Waals surface area contributed by atoms with E-state index in [4.69, 9.17) is 15.3 Å². The Bertz CT molecular complexity index is 162. The average molecular weight is 206 g/mol. The first-order valence-corrected chi connectivity index (χ1v) is 4.48. The minimum atomic E-state index is -1.33. The fourth-order valence-corrected chi connectivity index (χ4v) is 0.847. The number of hydrogen-bond acceptors (Lipinski definition) is 5. The molecule has 84 valence electrons. The number of likely N-dealkylation sites (N-methyl/N-ethyl adjacent to an activating group) is 1. The van der Waals surface area contributed by atoms with E-state index in [1.165, 1.54) is 0 Å². The molecule has 0 fully saturated rings. The molecule has 0 aromatic rings. The molecule has 0 saturated heterocycles. The van der Waals surface area contributed by atoms with Crippen LogP contribution in [-0.2, 0) is 4.79 Å². The molecule has 0 aromatic heterocycles. The highest BCUT2D eigenvalue weighted by atomic mass is 16.3. The van der Waals surface area contributed by atoms with E-state index in [9.17, 15) is 4.79 Å². The van der Waals surface area contributed by atoms with E-state index in [1.54, 1.807) is 0 Å². The molecule has 6 heteroatoms. The van der Waals surface area contributed by atoms with Gasteiger partial charge in [-0.05, 0) is 6.54 Å². The van der Waals surface area contributed by atoms with Crippen LogP contribution in [0.2, 0.25) is 0 Å². The van der Waals surface area contributed by atoms with Gasteiger partial charge >= 0.3 is 0 Å². The minimum absolute atomic E-state index is 0.0955. The van der Waals surface area contributed by atoms with E-state index < -0.39 is 25.4 Å². The maximum absolute atomic E-state index is 11.2. The molecule has 0 aliphatic carbocycles. The standard InChI is InChI=1S/C8H18N2O4/c1-2-9-3-7(14)10-8(4-11,5-12)6-13/h9,11-13H,2-6H2,1H3,(H,10,14). The number of aliphatic hydroxyl groups is 3. The summed E-state index contributed by atoms with van der Waals surface area (Å²) in [7, 11) is 0. The van der Waals surface area contributed by atoms with Gasteiger partial charge in [-0.15, -0.1) is 0 Å². The van der Waals surface area contributed by atoms with E-state index in [2.05, 4.69) is 10.6 Å². The van der Waals surface area contributed by atoms with Crippen molar-refractivity contribution in [3.63, 3.8) is 0 Å². The molecular weight excluding hydrogens is 188 g/mol. The summed E-state index contributed by atoms with van der Waals surface area (Å²) < 4.78 is 0. The lowest BCUT2D eigenvalue weighted by Crippen LogP contribution is -2.58. The fraction of sp³-hybridized carbons (Fsp3) is 0.875. The van der Waals surface area contributed by atoms with Crippen molar-refractivity contribution >= 4 is 5.91 Å². The molecule has 6 nitrogen and oxygen atoms in total. The minimum Gasteiger partial charge on any atom is -0.394 e. The van der Waals surface area contributed by atoms with Gasteiger partial charge in [-0.2, -0.15) is 0 Å². The zero-order chi connectivity index (χ0) is 11.0. The van der Waals surface area contributed by atoms with Crippen molar-refractivity contribution in [3.8, 4) is 0 Å². The third-order valence-corrected chi connectivity index (χ3v) is 1.85. The molecule has 0 aromatic carbocycles. The molecular formula is C8H18N2O4. The Morgan fingerprint density at radius 2 is 1.71 bits per heavy atom. The lowest BCUT2D eigenvalue weighted by molar-refractivity contribution is -0.124. The van der Waals surface area contributed by atoms with Gasteiger partial charge < -0.3 is 26.0 Å². The smallest absolute Gasteiger partial charge is 0.234 e. The van der Waals surface area contributed by atoms with Crippen LogP contribution in [0.3, 0.4) is 0 Å². The lowest BCUT2D eigenvalue weighted by atomic mass is 10.0. The Balaban J connectivity index is 4.08. The van der Waals surface area contributed by atoms with Gasteiger partial charge in [-0.3, -0.25) is 4.79 Å². The summed E-state index contributed by atoms with van der Waals surface area (Å²) in [6, 6.07) is 0. The molecule has 0 radical (unpaired) electrons. The summed E-state index contributed by atoms with van der Waals surface area (Å²) in [6.07, 6.45) is 0. The summed E-state index contributed by atoms with van der Waals surface area (Å²) in [5.74, 6) is -0.371. The second-order valence-corrected chi connectivity index (χ2v) is 3.08. The first-order chi connectivity index (χ1) is 6.64. The molecule has 0 atom stereocenters. The number of nitrogens with one attached hydrogen (secondary N) is 2. The molecule has 5 N–H and O–H groups in total. The molecule has 0 bridgehead atoms. The van der Waals surface area contributed by atoms with E-state index in [0.29, 0.717) is 6.54 Å². The number of carbonyl (C=O) groups excluding carboxylic acids is 1. The zero-order valence-electron chi connectivity index (χ0n) is 8.29. The van der Waals surface area contributed by atoms with Crippen molar-refractivity contribution in [2.75, 3.05) is 32.9 Å². The van der Waals surface area contributed by atoms with Crippen molar-refractivity contribution in [3.05, 3.63) is 0 Å². The van der Waals surface area contributed by atoms with E-state index >= 15 is 0 Å². The van der Waals surface area contributed by atoms with Crippen LogP contribution in [-0.4, -0.2) is 59.7 Å². The van der Waals surface area contributed by atoms with E-state index in [0.717, 1.165) is 0 Å². The fourth-order valence-electron chi connectivity index (χ4n) is 0.847. The van der Waals surface area contributed by atoms with Gasteiger partial charge in [0, 0.05) is 0 Å². The number of rotatable bonds is 7. The highest BCUT2D eigenvalue weighted by molar-refractivity contribution is 5.78. The Kier molecular flexibility index (Phi) is 6.39. The van der Waals surface area contributed by atoms with Gasteiger partial charge in [0.15, 0.2) is 0 Å². The van der Waals surface area contributed by atoms with Gasteiger partial charge in [-0.25, -0.2) is 0 Å². The molecule has 0 aliphatic heterocycles. The Labute approximate surface area is 82.9 Å². The summed E-state index contributed by atoms with van der Waals surface area (Å²) in [6.45, 7) is 1.09. The number of amides is 1. The van der Waals surface area contributed by atoms with Crippen molar-refractivity contribution in [1.82, 2.24) is 10.6 Å². The van der Waals surface area contributed by atoms with Crippen LogP contribution in [0.15, 0.2) is 0 Å². The van der Waals surface area contributed by atoms with Crippen LogP contribution < -0.4 is 10.6 Å². The SMILES string of the molecule is CCNCC(=O)NC(CO)(CO)CO. The predicted octanol–water partition coefficient (Wildman–Crippen LogP) is -2.57.